The van der Waals surface area contributed by atoms with Crippen LogP contribution in [0.15, 0.2) is 11.9 Å². The van der Waals surface area contributed by atoms with E-state index in [1.807, 2.05) is 0 Å². The van der Waals surface area contributed by atoms with Gasteiger partial charge in [0.05, 0.1) is 6.08 Å². The molecule has 0 aliphatic heterocycles. The van der Waals surface area contributed by atoms with Gasteiger partial charge in [-0.2, -0.15) is 4.39 Å². The minimum absolute atomic E-state index is 0.0255. The van der Waals surface area contributed by atoms with E-state index >= 15 is 0 Å². The topological polar surface area (TPSA) is 74.6 Å². The average Bonchev–Trinajstić information content (AvgIpc) is 1.63. The lowest BCUT2D eigenvalue weighted by Gasteiger charge is -1.82. The van der Waals surface area contributed by atoms with Gasteiger partial charge >= 0.3 is 11.9 Å². The maximum Gasteiger partial charge on any atom is 0.365 e. The van der Waals surface area contributed by atoms with E-state index in [0.29, 0.717) is 0 Å². The summed E-state index contributed by atoms with van der Waals surface area (Å²) in [7, 11) is 0. The van der Waals surface area contributed by atoms with Gasteiger partial charge < -0.3 is 10.2 Å². The van der Waals surface area contributed by atoms with Gasteiger partial charge in [0.2, 0.25) is 5.83 Å². The van der Waals surface area contributed by atoms with Crippen molar-refractivity contribution in [2.24, 2.45) is 0 Å². The van der Waals surface area contributed by atoms with Crippen LogP contribution in [0.25, 0.3) is 0 Å². The van der Waals surface area contributed by atoms with Gasteiger partial charge in [-0.1, -0.05) is 0 Å². The van der Waals surface area contributed by atoms with E-state index in [0.717, 1.165) is 0 Å². The number of rotatable bonds is 2. The van der Waals surface area contributed by atoms with Crippen molar-refractivity contribution in [3.05, 3.63) is 11.9 Å². The number of carboxylic acid groups (broad SMARTS) is 2. The second kappa shape index (κ2) is 2.81. The lowest BCUT2D eigenvalue weighted by Crippen LogP contribution is -1.98. The van der Waals surface area contributed by atoms with E-state index in [1.165, 1.54) is 0 Å². The molecule has 0 fully saturated rings. The van der Waals surface area contributed by atoms with Crippen LogP contribution in [0.3, 0.4) is 0 Å². The maximum absolute atomic E-state index is 11.7. The standard InChI is InChI=1S/C4H3FO4/c5-2(4(8)9)1-3(6)7/h1H,(H,6,7)(H,8,9). The normalized spacial score (nSPS) is 11.0. The van der Waals surface area contributed by atoms with E-state index in [1.54, 1.807) is 0 Å². The molecule has 0 heterocycles. The highest BCUT2D eigenvalue weighted by Crippen LogP contribution is 1.93. The first-order valence-corrected chi connectivity index (χ1v) is 1.87. The monoisotopic (exact) mass is 134 g/mol. The number of carboxylic acids is 2. The highest BCUT2D eigenvalue weighted by atomic mass is 19.1. The molecular formula is C4H3FO4. The molecule has 0 atom stereocenters. The van der Waals surface area contributed by atoms with Crippen LogP contribution in [0, 0.1) is 0 Å². The second-order valence-electron chi connectivity index (χ2n) is 1.14. The third-order valence-electron chi connectivity index (χ3n) is 0.455. The van der Waals surface area contributed by atoms with Crippen molar-refractivity contribution in [3.63, 3.8) is 0 Å². The Bertz CT molecular complexity index is 171. The first-order chi connectivity index (χ1) is 4.04. The van der Waals surface area contributed by atoms with E-state index < -0.39 is 17.8 Å². The Morgan fingerprint density at radius 2 is 1.78 bits per heavy atom. The van der Waals surface area contributed by atoms with E-state index in [-0.39, 0.29) is 6.08 Å². The zero-order valence-corrected chi connectivity index (χ0v) is 4.17. The first-order valence-electron chi connectivity index (χ1n) is 1.87. The van der Waals surface area contributed by atoms with Crippen LogP contribution in [0.4, 0.5) is 4.39 Å². The number of hydrogen-bond donors (Lipinski definition) is 2. The smallest absolute Gasteiger partial charge is 0.365 e. The Labute approximate surface area is 49.2 Å². The van der Waals surface area contributed by atoms with E-state index in [9.17, 15) is 14.0 Å². The van der Waals surface area contributed by atoms with Crippen molar-refractivity contribution < 1.29 is 24.2 Å². The van der Waals surface area contributed by atoms with Crippen LogP contribution in [0.2, 0.25) is 0 Å². The molecule has 0 aliphatic rings. The van der Waals surface area contributed by atoms with E-state index in [2.05, 4.69) is 0 Å². The van der Waals surface area contributed by atoms with Gasteiger partial charge in [-0.25, -0.2) is 9.59 Å². The summed E-state index contributed by atoms with van der Waals surface area (Å²) >= 11 is 0. The Balaban J connectivity index is 4.17. The van der Waals surface area contributed by atoms with Crippen LogP contribution < -0.4 is 0 Å². The fraction of sp³-hybridized carbons (Fsp3) is 0. The fourth-order valence-corrected chi connectivity index (χ4v) is 0.170. The molecule has 0 rings (SSSR count). The van der Waals surface area contributed by atoms with Crippen LogP contribution >= 0.6 is 0 Å². The molecule has 0 saturated carbocycles. The number of aliphatic carboxylic acids is 2. The molecule has 0 aromatic carbocycles. The molecule has 2 N–H and O–H groups in total. The quantitative estimate of drug-likeness (QED) is 0.521. The maximum atomic E-state index is 11.7. The molecule has 0 aliphatic carbocycles. The van der Waals surface area contributed by atoms with Gasteiger partial charge in [-0.3, -0.25) is 0 Å². The van der Waals surface area contributed by atoms with Crippen molar-refractivity contribution in [2.45, 2.75) is 0 Å². The highest BCUT2D eigenvalue weighted by molar-refractivity contribution is 5.92. The second-order valence-corrected chi connectivity index (χ2v) is 1.14. The lowest BCUT2D eigenvalue weighted by atomic mass is 10.5. The fourth-order valence-electron chi connectivity index (χ4n) is 0.170. The van der Waals surface area contributed by atoms with Crippen molar-refractivity contribution in [1.82, 2.24) is 0 Å². The lowest BCUT2D eigenvalue weighted by molar-refractivity contribution is -0.136. The van der Waals surface area contributed by atoms with Crippen molar-refractivity contribution in [1.29, 1.82) is 0 Å². The Hall–Kier alpha value is -1.39. The Kier molecular flexibility index (Phi) is 2.37. The number of halogens is 1. The van der Waals surface area contributed by atoms with Crippen LogP contribution in [-0.4, -0.2) is 22.2 Å². The SMILES string of the molecule is O=C(O)C=C(F)C(=O)O. The van der Waals surface area contributed by atoms with Gasteiger partial charge in [0.1, 0.15) is 0 Å². The zero-order chi connectivity index (χ0) is 7.44. The number of hydrogen-bond acceptors (Lipinski definition) is 2. The molecule has 0 saturated heterocycles. The number of carbonyl (C=O) groups is 2. The molecule has 4 nitrogen and oxygen atoms in total. The summed E-state index contributed by atoms with van der Waals surface area (Å²) in [6.45, 7) is 0. The summed E-state index contributed by atoms with van der Waals surface area (Å²) in [5, 5.41) is 15.5. The summed E-state index contributed by atoms with van der Waals surface area (Å²) in [6, 6.07) is 0. The molecule has 0 amide bonds. The molecule has 9 heavy (non-hydrogen) atoms. The van der Waals surface area contributed by atoms with Crippen LogP contribution in [0.5, 0.6) is 0 Å². The van der Waals surface area contributed by atoms with Gasteiger partial charge in [-0.05, 0) is 0 Å². The van der Waals surface area contributed by atoms with Gasteiger partial charge in [-0.15, -0.1) is 0 Å². The molecule has 50 valence electrons. The van der Waals surface area contributed by atoms with Crippen molar-refractivity contribution in [3.8, 4) is 0 Å². The van der Waals surface area contributed by atoms with Gasteiger partial charge in [0, 0.05) is 0 Å². The first kappa shape index (κ1) is 7.61. The summed E-state index contributed by atoms with van der Waals surface area (Å²) < 4.78 is 11.7. The molecule has 5 heteroatoms. The molecule has 0 aromatic rings. The molecule has 0 radical (unpaired) electrons. The summed E-state index contributed by atoms with van der Waals surface area (Å²) in [6.07, 6.45) is -0.0255. The van der Waals surface area contributed by atoms with Crippen molar-refractivity contribution in [2.75, 3.05) is 0 Å². The predicted octanol–water partition coefficient (Wildman–Crippen LogP) is 0.00900. The average molecular weight is 134 g/mol. The minimum Gasteiger partial charge on any atom is -0.478 e. The predicted molar refractivity (Wildman–Crippen MR) is 24.5 cm³/mol. The third kappa shape index (κ3) is 3.22. The highest BCUT2D eigenvalue weighted by Gasteiger charge is 2.06. The zero-order valence-electron chi connectivity index (χ0n) is 4.17. The Morgan fingerprint density at radius 1 is 1.33 bits per heavy atom. The van der Waals surface area contributed by atoms with Crippen LogP contribution in [0.1, 0.15) is 0 Å². The molecule has 0 unspecified atom stereocenters. The summed E-state index contributed by atoms with van der Waals surface area (Å²) in [5.41, 5.74) is 0. The van der Waals surface area contributed by atoms with E-state index in [4.69, 9.17) is 10.2 Å². The molecule has 0 bridgehead atoms. The summed E-state index contributed by atoms with van der Waals surface area (Å²) in [5.74, 6) is -5.17. The largest absolute Gasteiger partial charge is 0.478 e. The minimum atomic E-state index is -1.88. The van der Waals surface area contributed by atoms with Crippen LogP contribution in [-0.2, 0) is 9.59 Å². The molecule has 0 spiro atoms. The van der Waals surface area contributed by atoms with Gasteiger partial charge in [0.15, 0.2) is 0 Å². The summed E-state index contributed by atoms with van der Waals surface area (Å²) in [4.78, 5) is 19.1. The van der Waals surface area contributed by atoms with Gasteiger partial charge in [0.25, 0.3) is 0 Å². The molecule has 0 aromatic heterocycles. The third-order valence-corrected chi connectivity index (χ3v) is 0.455. The Morgan fingerprint density at radius 3 is 1.89 bits per heavy atom. The van der Waals surface area contributed by atoms with Crippen molar-refractivity contribution >= 4 is 11.9 Å². The molecular weight excluding hydrogens is 131 g/mol.